The first-order chi connectivity index (χ1) is 9.73. The second-order valence-electron chi connectivity index (χ2n) is 5.91. The van der Waals surface area contributed by atoms with Gasteiger partial charge in [-0.1, -0.05) is 25.3 Å². The van der Waals surface area contributed by atoms with Crippen molar-refractivity contribution in [3.8, 4) is 0 Å². The van der Waals surface area contributed by atoms with E-state index in [0.717, 1.165) is 31.4 Å². The van der Waals surface area contributed by atoms with Crippen molar-refractivity contribution in [3.63, 3.8) is 0 Å². The molecular weight excluding hydrogens is 298 g/mol. The van der Waals surface area contributed by atoms with E-state index >= 15 is 0 Å². The van der Waals surface area contributed by atoms with Gasteiger partial charge in [0.05, 0.1) is 16.6 Å². The minimum Gasteiger partial charge on any atom is -0.389 e. The van der Waals surface area contributed by atoms with Gasteiger partial charge in [-0.2, -0.15) is 0 Å². The Labute approximate surface area is 123 Å². The van der Waals surface area contributed by atoms with Crippen LogP contribution in [0.5, 0.6) is 0 Å². The number of hydrogen-bond acceptors (Lipinski definition) is 3. The van der Waals surface area contributed by atoms with Crippen LogP contribution >= 0.6 is 0 Å². The number of rotatable bonds is 4. The summed E-state index contributed by atoms with van der Waals surface area (Å²) in [7, 11) is -3.64. The first-order valence-electron chi connectivity index (χ1n) is 7.12. The maximum atomic E-state index is 13.2. The number of halogens is 2. The summed E-state index contributed by atoms with van der Waals surface area (Å²) in [6.45, 7) is 1.44. The predicted octanol–water partition coefficient (Wildman–Crippen LogP) is 3.14. The van der Waals surface area contributed by atoms with Crippen LogP contribution in [0, 0.1) is 11.6 Å². The topological polar surface area (TPSA) is 54.4 Å². The van der Waals surface area contributed by atoms with Gasteiger partial charge in [0.2, 0.25) is 0 Å². The van der Waals surface area contributed by atoms with Gasteiger partial charge in [-0.25, -0.2) is 17.2 Å². The zero-order valence-electron chi connectivity index (χ0n) is 12.0. The maximum Gasteiger partial charge on any atom is 0.159 e. The number of benzene rings is 1. The normalized spacial score (nSPS) is 20.2. The molecule has 2 rings (SSSR count). The van der Waals surface area contributed by atoms with Gasteiger partial charge in [0.1, 0.15) is 0 Å². The number of aliphatic hydroxyl groups is 1. The standard InChI is InChI=1S/C15H20F2O3S/c1-11(12-5-6-13(16)14(17)9-12)21(19,20)10-15(18)7-3-2-4-8-15/h5-6,9,11,18H,2-4,7-8,10H2,1H3/t11-/m0/s1. The van der Waals surface area contributed by atoms with Crippen molar-refractivity contribution in [1.29, 1.82) is 0 Å². The molecule has 118 valence electrons. The number of sulfone groups is 1. The van der Waals surface area contributed by atoms with E-state index in [0.29, 0.717) is 12.8 Å². The van der Waals surface area contributed by atoms with E-state index in [2.05, 4.69) is 0 Å². The van der Waals surface area contributed by atoms with Crippen LogP contribution in [0.15, 0.2) is 18.2 Å². The van der Waals surface area contributed by atoms with Crippen LogP contribution in [0.25, 0.3) is 0 Å². The molecule has 0 unspecified atom stereocenters. The second kappa shape index (κ2) is 6.01. The monoisotopic (exact) mass is 318 g/mol. The molecule has 1 aromatic carbocycles. The quantitative estimate of drug-likeness (QED) is 0.928. The smallest absolute Gasteiger partial charge is 0.159 e. The van der Waals surface area contributed by atoms with E-state index in [4.69, 9.17) is 0 Å². The van der Waals surface area contributed by atoms with Gasteiger partial charge in [-0.3, -0.25) is 0 Å². The van der Waals surface area contributed by atoms with Crippen LogP contribution in [0.2, 0.25) is 0 Å². The zero-order chi connectivity index (χ0) is 15.7. The molecule has 1 aliphatic rings. The highest BCUT2D eigenvalue weighted by atomic mass is 32.2. The third-order valence-electron chi connectivity index (χ3n) is 4.21. The van der Waals surface area contributed by atoms with Crippen molar-refractivity contribution < 1.29 is 22.3 Å². The SMILES string of the molecule is C[C@@H](c1ccc(F)c(F)c1)S(=O)(=O)CC1(O)CCCCC1. The van der Waals surface area contributed by atoms with E-state index in [1.165, 1.54) is 13.0 Å². The molecule has 0 aliphatic heterocycles. The predicted molar refractivity (Wildman–Crippen MR) is 76.6 cm³/mol. The zero-order valence-corrected chi connectivity index (χ0v) is 12.8. The summed E-state index contributed by atoms with van der Waals surface area (Å²) in [6.07, 6.45) is 3.56. The molecule has 0 saturated heterocycles. The summed E-state index contributed by atoms with van der Waals surface area (Å²) in [4.78, 5) is 0. The Bertz CT molecular complexity index is 607. The molecule has 0 aromatic heterocycles. The van der Waals surface area contributed by atoms with Crippen LogP contribution in [0.3, 0.4) is 0 Å². The fourth-order valence-corrected chi connectivity index (χ4v) is 4.68. The molecule has 1 fully saturated rings. The van der Waals surface area contributed by atoms with Crippen LogP contribution in [-0.4, -0.2) is 24.9 Å². The van der Waals surface area contributed by atoms with Crippen LogP contribution in [-0.2, 0) is 9.84 Å². The van der Waals surface area contributed by atoms with Crippen LogP contribution in [0.4, 0.5) is 8.78 Å². The van der Waals surface area contributed by atoms with Gasteiger partial charge in [0, 0.05) is 0 Å². The Kier molecular flexibility index (Phi) is 4.68. The highest BCUT2D eigenvalue weighted by molar-refractivity contribution is 7.91. The summed E-state index contributed by atoms with van der Waals surface area (Å²) >= 11 is 0. The lowest BCUT2D eigenvalue weighted by Crippen LogP contribution is -2.40. The maximum absolute atomic E-state index is 13.2. The van der Waals surface area contributed by atoms with Gasteiger partial charge in [0.25, 0.3) is 0 Å². The third-order valence-corrected chi connectivity index (χ3v) is 6.50. The summed E-state index contributed by atoms with van der Waals surface area (Å²) < 4.78 is 51.0. The molecule has 21 heavy (non-hydrogen) atoms. The lowest BCUT2D eigenvalue weighted by Gasteiger charge is -2.32. The van der Waals surface area contributed by atoms with Crippen molar-refractivity contribution in [2.45, 2.75) is 49.9 Å². The first kappa shape index (κ1) is 16.4. The largest absolute Gasteiger partial charge is 0.389 e. The molecule has 1 aliphatic carbocycles. The lowest BCUT2D eigenvalue weighted by molar-refractivity contribution is 0.0256. The molecule has 0 bridgehead atoms. The van der Waals surface area contributed by atoms with E-state index in [1.54, 1.807) is 0 Å². The Hall–Kier alpha value is -1.01. The Morgan fingerprint density at radius 3 is 2.38 bits per heavy atom. The molecule has 1 N–H and O–H groups in total. The average molecular weight is 318 g/mol. The molecule has 1 saturated carbocycles. The van der Waals surface area contributed by atoms with E-state index in [-0.39, 0.29) is 11.3 Å². The van der Waals surface area contributed by atoms with Crippen LogP contribution in [0.1, 0.15) is 49.8 Å². The van der Waals surface area contributed by atoms with Gasteiger partial charge in [-0.15, -0.1) is 0 Å². The highest BCUT2D eigenvalue weighted by Crippen LogP contribution is 2.33. The Morgan fingerprint density at radius 2 is 1.81 bits per heavy atom. The molecule has 3 nitrogen and oxygen atoms in total. The highest BCUT2D eigenvalue weighted by Gasteiger charge is 2.37. The summed E-state index contributed by atoms with van der Waals surface area (Å²) in [5.74, 6) is -2.40. The molecule has 0 amide bonds. The molecule has 6 heteroatoms. The van der Waals surface area contributed by atoms with Gasteiger partial charge in [-0.05, 0) is 37.5 Å². The molecule has 0 radical (unpaired) electrons. The number of hydrogen-bond donors (Lipinski definition) is 1. The van der Waals surface area contributed by atoms with Crippen molar-refractivity contribution in [2.24, 2.45) is 0 Å². The van der Waals surface area contributed by atoms with E-state index in [1.807, 2.05) is 0 Å². The van der Waals surface area contributed by atoms with E-state index < -0.39 is 32.3 Å². The Balaban J connectivity index is 2.19. The molecule has 0 heterocycles. The van der Waals surface area contributed by atoms with Crippen molar-refractivity contribution in [3.05, 3.63) is 35.4 Å². The fourth-order valence-electron chi connectivity index (χ4n) is 2.83. The molecule has 1 atom stereocenters. The average Bonchev–Trinajstić information content (AvgIpc) is 2.40. The summed E-state index contributed by atoms with van der Waals surface area (Å²) in [5.41, 5.74) is -0.988. The van der Waals surface area contributed by atoms with Crippen molar-refractivity contribution in [1.82, 2.24) is 0 Å². The van der Waals surface area contributed by atoms with E-state index in [9.17, 15) is 22.3 Å². The molecule has 1 aromatic rings. The van der Waals surface area contributed by atoms with Crippen LogP contribution < -0.4 is 0 Å². The Morgan fingerprint density at radius 1 is 1.19 bits per heavy atom. The minimum absolute atomic E-state index is 0.202. The lowest BCUT2D eigenvalue weighted by atomic mass is 9.86. The van der Waals surface area contributed by atoms with Gasteiger partial charge < -0.3 is 5.11 Å². The molecular formula is C15H20F2O3S. The summed E-state index contributed by atoms with van der Waals surface area (Å²) in [5, 5.41) is 9.41. The van der Waals surface area contributed by atoms with Gasteiger partial charge >= 0.3 is 0 Å². The minimum atomic E-state index is -3.64. The third kappa shape index (κ3) is 3.80. The fraction of sp³-hybridized carbons (Fsp3) is 0.600. The van der Waals surface area contributed by atoms with Crippen molar-refractivity contribution >= 4 is 9.84 Å². The summed E-state index contributed by atoms with van der Waals surface area (Å²) in [6, 6.07) is 3.10. The molecule has 0 spiro atoms. The first-order valence-corrected chi connectivity index (χ1v) is 8.84. The second-order valence-corrected chi connectivity index (χ2v) is 8.23. The van der Waals surface area contributed by atoms with Crippen molar-refractivity contribution in [2.75, 3.05) is 5.75 Å². The van der Waals surface area contributed by atoms with Gasteiger partial charge in [0.15, 0.2) is 21.5 Å².